The minimum atomic E-state index is -0.101. The topological polar surface area (TPSA) is 105 Å². The molecule has 2 rings (SSSR count). The van der Waals surface area contributed by atoms with E-state index < -0.39 is 0 Å². The highest BCUT2D eigenvalue weighted by molar-refractivity contribution is 6.32. The van der Waals surface area contributed by atoms with Gasteiger partial charge in [0, 0.05) is 0 Å². The molecule has 7 nitrogen and oxygen atoms in total. The normalized spacial score (nSPS) is 12.4. The van der Waals surface area contributed by atoms with Gasteiger partial charge in [-0.25, -0.2) is 15.0 Å². The minimum Gasteiger partial charge on any atom is -0.393 e. The molecule has 2 heterocycles. The zero-order valence-corrected chi connectivity index (χ0v) is 9.23. The molecule has 0 aliphatic heterocycles. The monoisotopic (exact) mass is 239 g/mol. The largest absolute Gasteiger partial charge is 0.393 e. The van der Waals surface area contributed by atoms with Gasteiger partial charge in [0.25, 0.3) is 0 Å². The standard InChI is InChI=1S/C8H10ClN7/c1-4(7-13-3-14-16-7)15-8-5(10)6(9)11-2-12-8/h2-4H,10H2,1H3,(H,11,12,15)(H,13,14,16). The lowest BCUT2D eigenvalue weighted by Gasteiger charge is -2.13. The molecular formula is C8H10ClN7. The summed E-state index contributed by atoms with van der Waals surface area (Å²) in [7, 11) is 0. The van der Waals surface area contributed by atoms with Crippen LogP contribution in [-0.2, 0) is 0 Å². The highest BCUT2D eigenvalue weighted by Crippen LogP contribution is 2.24. The lowest BCUT2D eigenvalue weighted by molar-refractivity contribution is 0.790. The summed E-state index contributed by atoms with van der Waals surface area (Å²) in [6, 6.07) is -0.101. The highest BCUT2D eigenvalue weighted by Gasteiger charge is 2.12. The fourth-order valence-corrected chi connectivity index (χ4v) is 1.32. The van der Waals surface area contributed by atoms with Gasteiger partial charge >= 0.3 is 0 Å². The highest BCUT2D eigenvalue weighted by atomic mass is 35.5. The van der Waals surface area contributed by atoms with Crippen LogP contribution in [0.4, 0.5) is 11.5 Å². The Morgan fingerprint density at radius 3 is 2.88 bits per heavy atom. The van der Waals surface area contributed by atoms with Gasteiger partial charge in [-0.2, -0.15) is 5.10 Å². The van der Waals surface area contributed by atoms with E-state index in [9.17, 15) is 0 Å². The summed E-state index contributed by atoms with van der Waals surface area (Å²) in [4.78, 5) is 11.8. The number of nitrogens with one attached hydrogen (secondary N) is 2. The quantitative estimate of drug-likeness (QED) is 0.690. The Balaban J connectivity index is 2.18. The second-order valence-electron chi connectivity index (χ2n) is 3.16. The number of hydrogen-bond donors (Lipinski definition) is 3. The summed E-state index contributed by atoms with van der Waals surface area (Å²) in [5.41, 5.74) is 6.03. The van der Waals surface area contributed by atoms with Crippen LogP contribution in [0.1, 0.15) is 18.8 Å². The van der Waals surface area contributed by atoms with E-state index in [0.29, 0.717) is 17.3 Å². The fraction of sp³-hybridized carbons (Fsp3) is 0.250. The third kappa shape index (κ3) is 2.03. The van der Waals surface area contributed by atoms with E-state index in [1.165, 1.54) is 12.7 Å². The number of nitrogens with two attached hydrogens (primary N) is 1. The van der Waals surface area contributed by atoms with Crippen molar-refractivity contribution in [2.45, 2.75) is 13.0 Å². The summed E-state index contributed by atoms with van der Waals surface area (Å²) in [6.07, 6.45) is 2.78. The van der Waals surface area contributed by atoms with Gasteiger partial charge in [0.15, 0.2) is 11.0 Å². The molecule has 2 aromatic heterocycles. The van der Waals surface area contributed by atoms with E-state index in [0.717, 1.165) is 0 Å². The first-order valence-corrected chi connectivity index (χ1v) is 4.94. The Bertz CT molecular complexity index is 469. The Labute approximate surface area is 96.5 Å². The molecule has 0 spiro atoms. The average molecular weight is 240 g/mol. The third-order valence-electron chi connectivity index (χ3n) is 2.03. The molecule has 0 bridgehead atoms. The van der Waals surface area contributed by atoms with Crippen molar-refractivity contribution in [2.75, 3.05) is 11.1 Å². The van der Waals surface area contributed by atoms with Gasteiger partial charge in [-0.15, -0.1) is 0 Å². The van der Waals surface area contributed by atoms with Gasteiger partial charge in [-0.3, -0.25) is 5.10 Å². The van der Waals surface area contributed by atoms with Crippen LogP contribution in [0.3, 0.4) is 0 Å². The molecule has 1 unspecified atom stereocenters. The Morgan fingerprint density at radius 2 is 2.19 bits per heavy atom. The molecule has 16 heavy (non-hydrogen) atoms. The maximum Gasteiger partial charge on any atom is 0.157 e. The Morgan fingerprint density at radius 1 is 1.38 bits per heavy atom. The SMILES string of the molecule is CC(Nc1ncnc(Cl)c1N)c1ncn[nH]1. The molecule has 0 aliphatic carbocycles. The molecule has 2 aromatic rings. The molecule has 0 aromatic carbocycles. The Hall–Kier alpha value is -1.89. The summed E-state index contributed by atoms with van der Waals surface area (Å²) in [6.45, 7) is 1.90. The van der Waals surface area contributed by atoms with E-state index in [1.54, 1.807) is 0 Å². The van der Waals surface area contributed by atoms with Gasteiger partial charge in [-0.05, 0) is 6.92 Å². The van der Waals surface area contributed by atoms with Crippen molar-refractivity contribution in [1.29, 1.82) is 0 Å². The number of halogens is 1. The second kappa shape index (κ2) is 4.31. The number of rotatable bonds is 3. The number of H-pyrrole nitrogens is 1. The number of aromatic nitrogens is 5. The predicted octanol–water partition coefficient (Wildman–Crippen LogP) is 1.00. The summed E-state index contributed by atoms with van der Waals surface area (Å²) in [5.74, 6) is 1.16. The van der Waals surface area contributed by atoms with Gasteiger partial charge < -0.3 is 11.1 Å². The number of hydrogen-bond acceptors (Lipinski definition) is 6. The van der Waals surface area contributed by atoms with Crippen molar-refractivity contribution in [3.05, 3.63) is 23.6 Å². The van der Waals surface area contributed by atoms with Crippen LogP contribution in [0.25, 0.3) is 0 Å². The lowest BCUT2D eigenvalue weighted by atomic mass is 10.3. The molecule has 1 atom stereocenters. The van der Waals surface area contributed by atoms with E-state index >= 15 is 0 Å². The first kappa shape index (κ1) is 10.6. The predicted molar refractivity (Wildman–Crippen MR) is 59.9 cm³/mol. The van der Waals surface area contributed by atoms with Crippen molar-refractivity contribution in [1.82, 2.24) is 25.1 Å². The first-order chi connectivity index (χ1) is 7.68. The number of nitrogen functional groups attached to an aromatic ring is 1. The number of aromatic amines is 1. The van der Waals surface area contributed by atoms with Crippen molar-refractivity contribution in [2.24, 2.45) is 0 Å². The number of anilines is 2. The van der Waals surface area contributed by atoms with Gasteiger partial charge in [0.05, 0.1) is 6.04 Å². The molecular weight excluding hydrogens is 230 g/mol. The van der Waals surface area contributed by atoms with Crippen molar-refractivity contribution < 1.29 is 0 Å². The van der Waals surface area contributed by atoms with E-state index in [2.05, 4.69) is 30.5 Å². The van der Waals surface area contributed by atoms with Crippen molar-refractivity contribution in [3.8, 4) is 0 Å². The van der Waals surface area contributed by atoms with Crippen LogP contribution in [0.2, 0.25) is 5.15 Å². The summed E-state index contributed by atoms with van der Waals surface area (Å²) in [5, 5.41) is 9.79. The summed E-state index contributed by atoms with van der Waals surface area (Å²) < 4.78 is 0. The molecule has 0 saturated heterocycles. The van der Waals surface area contributed by atoms with Crippen molar-refractivity contribution in [3.63, 3.8) is 0 Å². The average Bonchev–Trinajstić information content (AvgIpc) is 2.78. The van der Waals surface area contributed by atoms with E-state index in [4.69, 9.17) is 17.3 Å². The molecule has 0 radical (unpaired) electrons. The van der Waals surface area contributed by atoms with Gasteiger partial charge in [-0.1, -0.05) is 11.6 Å². The molecule has 0 fully saturated rings. The fourth-order valence-electron chi connectivity index (χ4n) is 1.19. The first-order valence-electron chi connectivity index (χ1n) is 4.56. The van der Waals surface area contributed by atoms with E-state index in [1.807, 2.05) is 6.92 Å². The minimum absolute atomic E-state index is 0.101. The van der Waals surface area contributed by atoms with Crippen LogP contribution < -0.4 is 11.1 Å². The molecule has 84 valence electrons. The molecule has 0 aliphatic rings. The molecule has 0 saturated carbocycles. The summed E-state index contributed by atoms with van der Waals surface area (Å²) >= 11 is 5.77. The lowest BCUT2D eigenvalue weighted by Crippen LogP contribution is -2.11. The third-order valence-corrected chi connectivity index (χ3v) is 2.33. The van der Waals surface area contributed by atoms with Gasteiger partial charge in [0.1, 0.15) is 24.2 Å². The zero-order chi connectivity index (χ0) is 11.5. The second-order valence-corrected chi connectivity index (χ2v) is 3.52. The van der Waals surface area contributed by atoms with Crippen LogP contribution in [0.15, 0.2) is 12.7 Å². The van der Waals surface area contributed by atoms with Crippen molar-refractivity contribution >= 4 is 23.1 Å². The molecule has 4 N–H and O–H groups in total. The Kier molecular flexibility index (Phi) is 2.86. The maximum absolute atomic E-state index is 5.77. The van der Waals surface area contributed by atoms with Crippen LogP contribution in [0, 0.1) is 0 Å². The number of nitrogens with zero attached hydrogens (tertiary/aromatic N) is 4. The zero-order valence-electron chi connectivity index (χ0n) is 8.48. The van der Waals surface area contributed by atoms with Crippen LogP contribution in [-0.4, -0.2) is 25.1 Å². The maximum atomic E-state index is 5.77. The van der Waals surface area contributed by atoms with E-state index in [-0.39, 0.29) is 11.2 Å². The molecule has 8 heteroatoms. The van der Waals surface area contributed by atoms with Crippen LogP contribution in [0.5, 0.6) is 0 Å². The molecule has 0 amide bonds. The van der Waals surface area contributed by atoms with Crippen LogP contribution >= 0.6 is 11.6 Å². The smallest absolute Gasteiger partial charge is 0.157 e. The van der Waals surface area contributed by atoms with Gasteiger partial charge in [0.2, 0.25) is 0 Å².